The van der Waals surface area contributed by atoms with Crippen LogP contribution in [0.5, 0.6) is 0 Å². The highest BCUT2D eigenvalue weighted by atomic mass is 35.5. The molecule has 0 spiro atoms. The predicted molar refractivity (Wildman–Crippen MR) is 67.9 cm³/mol. The van der Waals surface area contributed by atoms with Gasteiger partial charge in [0.25, 0.3) is 0 Å². The van der Waals surface area contributed by atoms with Gasteiger partial charge in [-0.05, 0) is 17.7 Å². The van der Waals surface area contributed by atoms with Gasteiger partial charge in [-0.2, -0.15) is 0 Å². The summed E-state index contributed by atoms with van der Waals surface area (Å²) in [6, 6.07) is 12.7. The van der Waals surface area contributed by atoms with Gasteiger partial charge in [-0.25, -0.2) is 0 Å². The monoisotopic (exact) mass is 246 g/mol. The zero-order valence-electron chi connectivity index (χ0n) is 9.01. The van der Waals surface area contributed by atoms with Crippen molar-refractivity contribution in [2.75, 3.05) is 5.32 Å². The van der Waals surface area contributed by atoms with Gasteiger partial charge in [-0.15, -0.1) is 11.6 Å². The van der Waals surface area contributed by atoms with E-state index in [-0.39, 0.29) is 5.91 Å². The summed E-state index contributed by atoms with van der Waals surface area (Å²) < 4.78 is 0. The van der Waals surface area contributed by atoms with Crippen LogP contribution in [0.3, 0.4) is 0 Å². The van der Waals surface area contributed by atoms with Gasteiger partial charge in [0.2, 0.25) is 5.91 Å². The standard InChI is InChI=1S/C13H11ClN2O/c14-12(10-4-2-1-3-5-10)13(17)16-11-6-8-15-9-7-11/h1-9,12H,(H,15,16,17). The summed E-state index contributed by atoms with van der Waals surface area (Å²) in [5.41, 5.74) is 1.47. The highest BCUT2D eigenvalue weighted by Gasteiger charge is 2.16. The van der Waals surface area contributed by atoms with Gasteiger partial charge < -0.3 is 5.32 Å². The largest absolute Gasteiger partial charge is 0.324 e. The summed E-state index contributed by atoms with van der Waals surface area (Å²) in [7, 11) is 0. The van der Waals surface area contributed by atoms with Crippen molar-refractivity contribution in [3.05, 3.63) is 60.4 Å². The number of halogens is 1. The maximum atomic E-state index is 11.8. The lowest BCUT2D eigenvalue weighted by Crippen LogP contribution is -2.17. The van der Waals surface area contributed by atoms with Gasteiger partial charge in [0.15, 0.2) is 0 Å². The van der Waals surface area contributed by atoms with Crippen LogP contribution in [0, 0.1) is 0 Å². The van der Waals surface area contributed by atoms with E-state index in [9.17, 15) is 4.79 Å². The first-order valence-corrected chi connectivity index (χ1v) is 5.61. The third-order valence-corrected chi connectivity index (χ3v) is 2.72. The average molecular weight is 247 g/mol. The SMILES string of the molecule is O=C(Nc1ccncc1)C(Cl)c1ccccc1. The highest BCUT2D eigenvalue weighted by molar-refractivity contribution is 6.32. The van der Waals surface area contributed by atoms with E-state index in [4.69, 9.17) is 11.6 Å². The Morgan fingerprint density at radius 2 is 1.76 bits per heavy atom. The molecule has 1 heterocycles. The zero-order valence-corrected chi connectivity index (χ0v) is 9.76. The lowest BCUT2D eigenvalue weighted by molar-refractivity contribution is -0.116. The Hall–Kier alpha value is -1.87. The number of amides is 1. The van der Waals surface area contributed by atoms with E-state index in [1.54, 1.807) is 24.5 Å². The summed E-state index contributed by atoms with van der Waals surface area (Å²) in [6.45, 7) is 0. The molecule has 1 atom stereocenters. The van der Waals surface area contributed by atoms with Gasteiger partial charge >= 0.3 is 0 Å². The lowest BCUT2D eigenvalue weighted by Gasteiger charge is -2.10. The maximum Gasteiger partial charge on any atom is 0.246 e. The molecule has 3 nitrogen and oxygen atoms in total. The molecule has 4 heteroatoms. The van der Waals surface area contributed by atoms with Crippen LogP contribution in [-0.2, 0) is 4.79 Å². The van der Waals surface area contributed by atoms with Crippen LogP contribution in [0.15, 0.2) is 54.9 Å². The first-order valence-electron chi connectivity index (χ1n) is 5.17. The molecule has 2 aromatic rings. The number of rotatable bonds is 3. The van der Waals surface area contributed by atoms with Crippen LogP contribution < -0.4 is 5.32 Å². The molecule has 0 aliphatic carbocycles. The smallest absolute Gasteiger partial charge is 0.246 e. The average Bonchev–Trinajstić information content (AvgIpc) is 2.40. The molecule has 1 N–H and O–H groups in total. The van der Waals surface area contributed by atoms with Crippen LogP contribution in [0.1, 0.15) is 10.9 Å². The Morgan fingerprint density at radius 1 is 1.12 bits per heavy atom. The van der Waals surface area contributed by atoms with E-state index < -0.39 is 5.38 Å². The molecule has 0 fully saturated rings. The van der Waals surface area contributed by atoms with Crippen LogP contribution in [0.4, 0.5) is 5.69 Å². The fourth-order valence-corrected chi connectivity index (χ4v) is 1.61. The number of carbonyl (C=O) groups excluding carboxylic acids is 1. The van der Waals surface area contributed by atoms with Crippen molar-refractivity contribution in [2.24, 2.45) is 0 Å². The van der Waals surface area contributed by atoms with Crippen LogP contribution in [0.2, 0.25) is 0 Å². The number of alkyl halides is 1. The third kappa shape index (κ3) is 3.04. The number of benzene rings is 1. The Morgan fingerprint density at radius 3 is 2.41 bits per heavy atom. The van der Waals surface area contributed by atoms with E-state index in [1.807, 2.05) is 30.3 Å². The molecule has 0 saturated carbocycles. The number of hydrogen-bond acceptors (Lipinski definition) is 2. The lowest BCUT2D eigenvalue weighted by atomic mass is 10.1. The number of carbonyl (C=O) groups is 1. The summed E-state index contributed by atoms with van der Waals surface area (Å²) >= 11 is 6.08. The first-order chi connectivity index (χ1) is 8.27. The van der Waals surface area contributed by atoms with E-state index in [0.29, 0.717) is 5.69 Å². The van der Waals surface area contributed by atoms with Crippen LogP contribution in [-0.4, -0.2) is 10.9 Å². The minimum Gasteiger partial charge on any atom is -0.324 e. The fourth-order valence-electron chi connectivity index (χ4n) is 1.41. The molecular formula is C13H11ClN2O. The molecule has 17 heavy (non-hydrogen) atoms. The van der Waals surface area contributed by atoms with Crippen molar-refractivity contribution in [1.82, 2.24) is 4.98 Å². The summed E-state index contributed by atoms with van der Waals surface area (Å²) in [6.07, 6.45) is 3.22. The van der Waals surface area contributed by atoms with Crippen molar-refractivity contribution in [3.8, 4) is 0 Å². The Bertz CT molecular complexity index is 487. The Labute approximate surface area is 104 Å². The fraction of sp³-hybridized carbons (Fsp3) is 0.0769. The molecule has 1 aromatic heterocycles. The van der Waals surface area contributed by atoms with Crippen molar-refractivity contribution in [2.45, 2.75) is 5.38 Å². The molecule has 2 rings (SSSR count). The van der Waals surface area contributed by atoms with Gasteiger partial charge in [0, 0.05) is 18.1 Å². The second-order valence-corrected chi connectivity index (χ2v) is 3.93. The zero-order chi connectivity index (χ0) is 12.1. The first kappa shape index (κ1) is 11.6. The molecule has 1 aromatic carbocycles. The van der Waals surface area contributed by atoms with Crippen molar-refractivity contribution < 1.29 is 4.79 Å². The predicted octanol–water partition coefficient (Wildman–Crippen LogP) is 3.00. The van der Waals surface area contributed by atoms with Crippen LogP contribution >= 0.6 is 11.6 Å². The summed E-state index contributed by atoms with van der Waals surface area (Å²) in [5, 5.41) is 2.04. The Balaban J connectivity index is 2.06. The van der Waals surface area contributed by atoms with E-state index in [2.05, 4.69) is 10.3 Å². The molecular weight excluding hydrogens is 236 g/mol. The topological polar surface area (TPSA) is 42.0 Å². The minimum atomic E-state index is -0.690. The van der Waals surface area contributed by atoms with Gasteiger partial charge in [-0.3, -0.25) is 9.78 Å². The molecule has 0 radical (unpaired) electrons. The maximum absolute atomic E-state index is 11.8. The number of nitrogens with zero attached hydrogens (tertiary/aromatic N) is 1. The number of anilines is 1. The van der Waals surface area contributed by atoms with E-state index in [0.717, 1.165) is 5.56 Å². The number of pyridine rings is 1. The van der Waals surface area contributed by atoms with Crippen LogP contribution in [0.25, 0.3) is 0 Å². The van der Waals surface area contributed by atoms with Crippen molar-refractivity contribution >= 4 is 23.2 Å². The number of hydrogen-bond donors (Lipinski definition) is 1. The number of nitrogens with one attached hydrogen (secondary N) is 1. The summed E-state index contributed by atoms with van der Waals surface area (Å²) in [4.78, 5) is 15.7. The second kappa shape index (κ2) is 5.46. The molecule has 1 amide bonds. The molecule has 0 aliphatic rings. The molecule has 0 aliphatic heterocycles. The molecule has 1 unspecified atom stereocenters. The number of aromatic nitrogens is 1. The van der Waals surface area contributed by atoms with E-state index >= 15 is 0 Å². The summed E-state index contributed by atoms with van der Waals surface area (Å²) in [5.74, 6) is -0.246. The quantitative estimate of drug-likeness (QED) is 0.846. The van der Waals surface area contributed by atoms with Gasteiger partial charge in [-0.1, -0.05) is 30.3 Å². The van der Waals surface area contributed by atoms with Gasteiger partial charge in [0.05, 0.1) is 0 Å². The van der Waals surface area contributed by atoms with Crippen molar-refractivity contribution in [1.29, 1.82) is 0 Å². The van der Waals surface area contributed by atoms with Crippen molar-refractivity contribution in [3.63, 3.8) is 0 Å². The minimum absolute atomic E-state index is 0.246. The Kier molecular flexibility index (Phi) is 3.73. The normalized spacial score (nSPS) is 11.8. The molecule has 0 bridgehead atoms. The molecule has 0 saturated heterocycles. The van der Waals surface area contributed by atoms with Gasteiger partial charge in [0.1, 0.15) is 5.38 Å². The second-order valence-electron chi connectivity index (χ2n) is 3.50. The van der Waals surface area contributed by atoms with E-state index in [1.165, 1.54) is 0 Å². The molecule has 86 valence electrons. The third-order valence-electron chi connectivity index (χ3n) is 2.27. The highest BCUT2D eigenvalue weighted by Crippen LogP contribution is 2.21.